The van der Waals surface area contributed by atoms with Gasteiger partial charge in [-0.15, -0.1) is 0 Å². The fourth-order valence-corrected chi connectivity index (χ4v) is 3.91. The number of ether oxygens (including phenoxy) is 1. The molecule has 1 unspecified atom stereocenters. The van der Waals surface area contributed by atoms with Crippen LogP contribution in [0.1, 0.15) is 18.9 Å². The van der Waals surface area contributed by atoms with Gasteiger partial charge in [0.15, 0.2) is 6.10 Å². The van der Waals surface area contributed by atoms with Crippen LogP contribution in [-0.2, 0) is 14.8 Å². The zero-order valence-corrected chi connectivity index (χ0v) is 17.9. The van der Waals surface area contributed by atoms with Gasteiger partial charge in [0, 0.05) is 11.4 Å². The fraction of sp³-hybridized carbons (Fsp3) is 0.174. The van der Waals surface area contributed by atoms with E-state index >= 15 is 0 Å². The molecule has 162 valence electrons. The summed E-state index contributed by atoms with van der Waals surface area (Å²) in [6.45, 7) is 3.78. The maximum absolute atomic E-state index is 13.0. The van der Waals surface area contributed by atoms with Crippen molar-refractivity contribution in [2.75, 3.05) is 10.0 Å². The molecule has 3 rings (SSSR count). The number of sulfonamides is 1. The second-order valence-corrected chi connectivity index (χ2v) is 8.64. The molecular formula is C23H23FN2O4S. The molecule has 0 heterocycles. The zero-order chi connectivity index (χ0) is 22.4. The van der Waals surface area contributed by atoms with Gasteiger partial charge in [-0.2, -0.15) is 0 Å². The highest BCUT2D eigenvalue weighted by Crippen LogP contribution is 2.20. The topological polar surface area (TPSA) is 84.5 Å². The van der Waals surface area contributed by atoms with Gasteiger partial charge in [0.1, 0.15) is 11.6 Å². The Hall–Kier alpha value is -3.39. The summed E-state index contributed by atoms with van der Waals surface area (Å²) in [6, 6.07) is 18.2. The molecule has 0 aromatic heterocycles. The predicted octanol–water partition coefficient (Wildman–Crippen LogP) is 4.73. The van der Waals surface area contributed by atoms with Crippen LogP contribution in [0.4, 0.5) is 15.8 Å². The maximum atomic E-state index is 13.0. The molecule has 0 bridgehead atoms. The quantitative estimate of drug-likeness (QED) is 0.528. The Morgan fingerprint density at radius 2 is 1.65 bits per heavy atom. The van der Waals surface area contributed by atoms with E-state index in [1.54, 1.807) is 6.07 Å². The third-order valence-corrected chi connectivity index (χ3v) is 5.86. The minimum atomic E-state index is -3.85. The molecule has 0 spiro atoms. The van der Waals surface area contributed by atoms with Crippen LogP contribution in [0.5, 0.6) is 5.75 Å². The van der Waals surface area contributed by atoms with Gasteiger partial charge in [-0.1, -0.05) is 19.1 Å². The molecule has 6 nitrogen and oxygen atoms in total. The van der Waals surface area contributed by atoms with Crippen molar-refractivity contribution >= 4 is 27.3 Å². The van der Waals surface area contributed by atoms with Gasteiger partial charge < -0.3 is 10.1 Å². The molecule has 2 N–H and O–H groups in total. The van der Waals surface area contributed by atoms with Crippen LogP contribution in [0.2, 0.25) is 0 Å². The van der Waals surface area contributed by atoms with E-state index in [-0.39, 0.29) is 16.5 Å². The van der Waals surface area contributed by atoms with Crippen LogP contribution >= 0.6 is 0 Å². The summed E-state index contributed by atoms with van der Waals surface area (Å²) < 4.78 is 46.1. The molecule has 0 aliphatic carbocycles. The summed E-state index contributed by atoms with van der Waals surface area (Å²) in [5.74, 6) is -0.181. The normalized spacial score (nSPS) is 12.1. The molecular weight excluding hydrogens is 419 g/mol. The zero-order valence-electron chi connectivity index (χ0n) is 17.1. The lowest BCUT2D eigenvalue weighted by molar-refractivity contribution is -0.122. The lowest BCUT2D eigenvalue weighted by Gasteiger charge is -2.18. The number of nitrogens with one attached hydrogen (secondary N) is 2. The number of hydrogen-bond donors (Lipinski definition) is 2. The summed E-state index contributed by atoms with van der Waals surface area (Å²) in [5.41, 5.74) is 1.72. The number of amides is 1. The molecule has 0 radical (unpaired) electrons. The number of halogens is 1. The highest BCUT2D eigenvalue weighted by molar-refractivity contribution is 7.92. The fourth-order valence-electron chi connectivity index (χ4n) is 2.85. The first-order chi connectivity index (χ1) is 14.8. The van der Waals surface area contributed by atoms with Gasteiger partial charge >= 0.3 is 0 Å². The third-order valence-electron chi connectivity index (χ3n) is 4.46. The van der Waals surface area contributed by atoms with E-state index in [0.717, 1.165) is 5.56 Å². The van der Waals surface area contributed by atoms with Crippen molar-refractivity contribution in [3.05, 3.63) is 84.2 Å². The van der Waals surface area contributed by atoms with Crippen LogP contribution in [0.3, 0.4) is 0 Å². The number of benzene rings is 3. The van der Waals surface area contributed by atoms with Gasteiger partial charge in [-0.3, -0.25) is 9.52 Å². The number of rotatable bonds is 8. The molecule has 31 heavy (non-hydrogen) atoms. The molecule has 0 saturated heterocycles. The standard InChI is InChI=1S/C23H23FN2O4S/c1-3-22(30-20-6-4-5-16(2)15-20)23(27)25-18-11-13-21(14-12-18)31(28,29)26-19-9-7-17(24)8-10-19/h4-15,22,26H,3H2,1-2H3,(H,25,27). The molecule has 3 aromatic carbocycles. The summed E-state index contributed by atoms with van der Waals surface area (Å²) in [6.07, 6.45) is -0.223. The van der Waals surface area contributed by atoms with Gasteiger partial charge in [-0.25, -0.2) is 12.8 Å². The Morgan fingerprint density at radius 1 is 1.00 bits per heavy atom. The van der Waals surface area contributed by atoms with Crippen LogP contribution in [0.25, 0.3) is 0 Å². The highest BCUT2D eigenvalue weighted by atomic mass is 32.2. The Balaban J connectivity index is 1.66. The van der Waals surface area contributed by atoms with Gasteiger partial charge in [0.25, 0.3) is 15.9 Å². The van der Waals surface area contributed by atoms with E-state index in [4.69, 9.17) is 4.74 Å². The first-order valence-electron chi connectivity index (χ1n) is 9.69. The Morgan fingerprint density at radius 3 is 2.26 bits per heavy atom. The van der Waals surface area contributed by atoms with Crippen molar-refractivity contribution in [2.45, 2.75) is 31.3 Å². The summed E-state index contributed by atoms with van der Waals surface area (Å²) >= 11 is 0. The minimum Gasteiger partial charge on any atom is -0.481 e. The molecule has 0 aliphatic rings. The van der Waals surface area contributed by atoms with E-state index in [1.807, 2.05) is 32.0 Å². The third kappa shape index (κ3) is 6.05. The number of hydrogen-bond acceptors (Lipinski definition) is 4. The Bertz CT molecular complexity index is 1150. The molecule has 0 saturated carbocycles. The van der Waals surface area contributed by atoms with E-state index in [1.165, 1.54) is 48.5 Å². The van der Waals surface area contributed by atoms with Gasteiger partial charge in [-0.05, 0) is 79.6 Å². The van der Waals surface area contributed by atoms with Crippen molar-refractivity contribution in [1.82, 2.24) is 0 Å². The predicted molar refractivity (Wildman–Crippen MR) is 118 cm³/mol. The van der Waals surface area contributed by atoms with Crippen molar-refractivity contribution in [1.29, 1.82) is 0 Å². The summed E-state index contributed by atoms with van der Waals surface area (Å²) in [5, 5.41) is 2.74. The first-order valence-corrected chi connectivity index (χ1v) is 11.2. The van der Waals surface area contributed by atoms with Crippen molar-refractivity contribution in [3.8, 4) is 5.75 Å². The van der Waals surface area contributed by atoms with Crippen LogP contribution in [-0.4, -0.2) is 20.4 Å². The molecule has 8 heteroatoms. The monoisotopic (exact) mass is 442 g/mol. The van der Waals surface area contributed by atoms with Crippen LogP contribution < -0.4 is 14.8 Å². The first kappa shape index (κ1) is 22.3. The average Bonchev–Trinajstić information content (AvgIpc) is 2.74. The molecule has 0 fully saturated rings. The number of aryl methyl sites for hydroxylation is 1. The largest absolute Gasteiger partial charge is 0.481 e. The molecule has 0 aliphatic heterocycles. The van der Waals surface area contributed by atoms with E-state index in [9.17, 15) is 17.6 Å². The molecule has 3 aromatic rings. The number of carbonyl (C=O) groups excluding carboxylic acids is 1. The number of anilines is 2. The summed E-state index contributed by atoms with van der Waals surface area (Å²) in [7, 11) is -3.85. The average molecular weight is 443 g/mol. The highest BCUT2D eigenvalue weighted by Gasteiger charge is 2.19. The lowest BCUT2D eigenvalue weighted by Crippen LogP contribution is -2.32. The van der Waals surface area contributed by atoms with Crippen molar-refractivity contribution in [2.24, 2.45) is 0 Å². The molecule has 1 amide bonds. The van der Waals surface area contributed by atoms with Gasteiger partial charge in [0.2, 0.25) is 0 Å². The van der Waals surface area contributed by atoms with E-state index in [2.05, 4.69) is 10.0 Å². The van der Waals surface area contributed by atoms with E-state index < -0.39 is 21.9 Å². The summed E-state index contributed by atoms with van der Waals surface area (Å²) in [4.78, 5) is 12.6. The SMILES string of the molecule is CCC(Oc1cccc(C)c1)C(=O)Nc1ccc(S(=O)(=O)Nc2ccc(F)cc2)cc1. The lowest BCUT2D eigenvalue weighted by atomic mass is 10.2. The van der Waals surface area contributed by atoms with Crippen molar-refractivity contribution in [3.63, 3.8) is 0 Å². The second kappa shape index (κ2) is 9.61. The maximum Gasteiger partial charge on any atom is 0.265 e. The second-order valence-electron chi connectivity index (χ2n) is 6.96. The van der Waals surface area contributed by atoms with Crippen molar-refractivity contribution < 1.29 is 22.3 Å². The minimum absolute atomic E-state index is 0.0119. The smallest absolute Gasteiger partial charge is 0.265 e. The Kier molecular flexibility index (Phi) is 6.91. The van der Waals surface area contributed by atoms with Crippen LogP contribution in [0.15, 0.2) is 77.7 Å². The van der Waals surface area contributed by atoms with E-state index in [0.29, 0.717) is 17.9 Å². The van der Waals surface area contributed by atoms with Gasteiger partial charge in [0.05, 0.1) is 4.90 Å². The molecule has 1 atom stereocenters. The van der Waals surface area contributed by atoms with Crippen LogP contribution in [0, 0.1) is 12.7 Å². The Labute approximate surface area is 181 Å². The number of carbonyl (C=O) groups is 1.